The van der Waals surface area contributed by atoms with Gasteiger partial charge in [-0.05, 0) is 150 Å². The van der Waals surface area contributed by atoms with Crippen LogP contribution in [0.1, 0.15) is 156 Å². The molecule has 4 rings (SSSR count). The van der Waals surface area contributed by atoms with Crippen LogP contribution < -0.4 is 17.2 Å². The summed E-state index contributed by atoms with van der Waals surface area (Å²) >= 11 is 0. The quantitative estimate of drug-likeness (QED) is 0.0464. The molecule has 4 aliphatic carbocycles. The summed E-state index contributed by atoms with van der Waals surface area (Å²) in [7, 11) is 0. The van der Waals surface area contributed by atoms with E-state index in [1.54, 1.807) is 17.1 Å². The van der Waals surface area contributed by atoms with E-state index < -0.39 is 0 Å². The molecule has 0 aromatic carbocycles. The van der Waals surface area contributed by atoms with Gasteiger partial charge >= 0.3 is 0 Å². The number of hydrogen-bond donors (Lipinski definition) is 3. The third-order valence-electron chi connectivity index (χ3n) is 16.3. The van der Waals surface area contributed by atoms with E-state index in [0.29, 0.717) is 87.2 Å². The van der Waals surface area contributed by atoms with Gasteiger partial charge in [-0.25, -0.2) is 0 Å². The summed E-state index contributed by atoms with van der Waals surface area (Å²) in [6.07, 6.45) is 25.0. The first-order valence-electron chi connectivity index (χ1n) is 25.3. The monoisotopic (exact) mass is 856 g/mol. The van der Waals surface area contributed by atoms with E-state index >= 15 is 0 Å². The first-order chi connectivity index (χ1) is 29.5. The second-order valence-electron chi connectivity index (χ2n) is 20.1. The van der Waals surface area contributed by atoms with Crippen molar-refractivity contribution in [1.82, 2.24) is 9.80 Å². The number of unbranched alkanes of at least 4 members (excludes halogenated alkanes) is 5. The Morgan fingerprint density at radius 1 is 0.754 bits per heavy atom. The predicted molar refractivity (Wildman–Crippen MR) is 251 cm³/mol. The molecule has 0 heterocycles. The normalized spacial score (nSPS) is 31.1. The summed E-state index contributed by atoms with van der Waals surface area (Å²) in [6, 6.07) is 0. The SMILES string of the molecule is C=CCCC(=O)N(CC=C)CC(=O)N(CCCCCCCC)CCC[C@@H](C)C1CC[C@H]2C3[C@H](OCCCN)CC4C[C@H](OCCCN)CCC4(C)[C@H]3C[C@H](OCCCN)C12C. The number of carbonyl (C=O) groups excluding carboxylic acids is 2. The van der Waals surface area contributed by atoms with Gasteiger partial charge in [-0.1, -0.05) is 72.0 Å². The maximum Gasteiger partial charge on any atom is 0.242 e. The van der Waals surface area contributed by atoms with Gasteiger partial charge in [-0.2, -0.15) is 0 Å². The van der Waals surface area contributed by atoms with Gasteiger partial charge in [-0.15, -0.1) is 13.2 Å². The Morgan fingerprint density at radius 3 is 2.11 bits per heavy atom. The lowest BCUT2D eigenvalue weighted by atomic mass is 9.43. The molecule has 4 aliphatic rings. The van der Waals surface area contributed by atoms with Crippen molar-refractivity contribution in [3.8, 4) is 0 Å². The minimum atomic E-state index is -0.0159. The Bertz CT molecular complexity index is 1300. The molecule has 6 N–H and O–H groups in total. The molecule has 10 nitrogen and oxygen atoms in total. The first kappa shape index (κ1) is 51.8. The smallest absolute Gasteiger partial charge is 0.242 e. The number of ether oxygens (including phenoxy) is 3. The van der Waals surface area contributed by atoms with E-state index in [1.165, 1.54) is 44.9 Å². The second-order valence-corrected chi connectivity index (χ2v) is 20.1. The minimum absolute atomic E-state index is 0.0159. The first-order valence-corrected chi connectivity index (χ1v) is 25.3. The maximum absolute atomic E-state index is 14.0. The van der Waals surface area contributed by atoms with Crippen LogP contribution in [0.4, 0.5) is 0 Å². The van der Waals surface area contributed by atoms with Crippen LogP contribution in [-0.4, -0.2) is 106 Å². The number of allylic oxidation sites excluding steroid dienone is 1. The van der Waals surface area contributed by atoms with Crippen molar-refractivity contribution in [1.29, 1.82) is 0 Å². The molecular formula is C51H93N5O5. The van der Waals surface area contributed by atoms with Gasteiger partial charge in [-0.3, -0.25) is 9.59 Å². The van der Waals surface area contributed by atoms with Crippen molar-refractivity contribution < 1.29 is 23.8 Å². The van der Waals surface area contributed by atoms with Gasteiger partial charge < -0.3 is 41.2 Å². The fourth-order valence-electron chi connectivity index (χ4n) is 12.9. The number of fused-ring (bicyclic) bond motifs is 5. The van der Waals surface area contributed by atoms with Gasteiger partial charge in [0.2, 0.25) is 11.8 Å². The van der Waals surface area contributed by atoms with Gasteiger partial charge in [0.25, 0.3) is 0 Å². The largest absolute Gasteiger partial charge is 0.378 e. The highest BCUT2D eigenvalue weighted by molar-refractivity contribution is 5.85. The average Bonchev–Trinajstić information content (AvgIpc) is 3.61. The van der Waals surface area contributed by atoms with Crippen molar-refractivity contribution in [3.05, 3.63) is 25.3 Å². The summed E-state index contributed by atoms with van der Waals surface area (Å²) in [4.78, 5) is 30.8. The molecule has 0 radical (unpaired) electrons. The van der Waals surface area contributed by atoms with Gasteiger partial charge in [0, 0.05) is 51.3 Å². The maximum atomic E-state index is 14.0. The number of rotatable bonds is 31. The number of amides is 2. The molecule has 2 amide bonds. The third-order valence-corrected chi connectivity index (χ3v) is 16.3. The van der Waals surface area contributed by atoms with Crippen molar-refractivity contribution in [3.63, 3.8) is 0 Å². The van der Waals surface area contributed by atoms with E-state index in [9.17, 15) is 9.59 Å². The summed E-state index contributed by atoms with van der Waals surface area (Å²) in [5.74, 6) is 3.18. The molecule has 0 aromatic heterocycles. The molecule has 5 unspecified atom stereocenters. The van der Waals surface area contributed by atoms with Crippen molar-refractivity contribution >= 4 is 11.8 Å². The zero-order chi connectivity index (χ0) is 44.3. The number of nitrogens with two attached hydrogens (primary N) is 3. The lowest BCUT2D eigenvalue weighted by molar-refractivity contribution is -0.227. The molecule has 0 aromatic rings. The zero-order valence-corrected chi connectivity index (χ0v) is 39.6. The molecule has 0 aliphatic heterocycles. The predicted octanol–water partition coefficient (Wildman–Crippen LogP) is 8.65. The second kappa shape index (κ2) is 26.8. The lowest BCUT2D eigenvalue weighted by Crippen LogP contribution is -2.63. The molecule has 352 valence electrons. The summed E-state index contributed by atoms with van der Waals surface area (Å²) in [6.45, 7) is 23.7. The molecule has 61 heavy (non-hydrogen) atoms. The Morgan fingerprint density at radius 2 is 1.43 bits per heavy atom. The highest BCUT2D eigenvalue weighted by atomic mass is 16.5. The van der Waals surface area contributed by atoms with Crippen LogP contribution in [0.15, 0.2) is 25.3 Å². The summed E-state index contributed by atoms with van der Waals surface area (Å²) in [5, 5.41) is 0. The summed E-state index contributed by atoms with van der Waals surface area (Å²) in [5.41, 5.74) is 18.2. The zero-order valence-electron chi connectivity index (χ0n) is 39.6. The number of hydrogen-bond acceptors (Lipinski definition) is 8. The molecular weight excluding hydrogens is 763 g/mol. The van der Waals surface area contributed by atoms with Crippen LogP contribution in [0.3, 0.4) is 0 Å². The molecule has 4 saturated carbocycles. The van der Waals surface area contributed by atoms with Crippen molar-refractivity contribution in [2.24, 2.45) is 63.5 Å². The van der Waals surface area contributed by atoms with E-state index in [0.717, 1.165) is 96.9 Å². The highest BCUT2D eigenvalue weighted by Gasteiger charge is 2.66. The van der Waals surface area contributed by atoms with Crippen molar-refractivity contribution in [2.75, 3.05) is 65.6 Å². The van der Waals surface area contributed by atoms with E-state index in [4.69, 9.17) is 31.4 Å². The molecule has 11 atom stereocenters. The Kier molecular flexibility index (Phi) is 22.8. The average molecular weight is 856 g/mol. The van der Waals surface area contributed by atoms with E-state index in [2.05, 4.69) is 45.8 Å². The van der Waals surface area contributed by atoms with Crippen LogP contribution >= 0.6 is 0 Å². The number of carbonyl (C=O) groups is 2. The molecule has 4 fully saturated rings. The highest BCUT2D eigenvalue weighted by Crippen LogP contribution is 2.69. The fourth-order valence-corrected chi connectivity index (χ4v) is 12.9. The van der Waals surface area contributed by atoms with Crippen LogP contribution in [-0.2, 0) is 23.8 Å². The fraction of sp³-hybridized carbons (Fsp3) is 0.882. The summed E-state index contributed by atoms with van der Waals surface area (Å²) < 4.78 is 20.5. The Hall–Kier alpha value is -1.82. The van der Waals surface area contributed by atoms with Crippen molar-refractivity contribution in [2.45, 2.75) is 174 Å². The van der Waals surface area contributed by atoms with Gasteiger partial charge in [0.15, 0.2) is 0 Å². The minimum Gasteiger partial charge on any atom is -0.378 e. The lowest BCUT2D eigenvalue weighted by Gasteiger charge is -2.65. The third kappa shape index (κ3) is 13.8. The van der Waals surface area contributed by atoms with E-state index in [-0.39, 0.29) is 41.4 Å². The van der Waals surface area contributed by atoms with Crippen LogP contribution in [0.2, 0.25) is 0 Å². The topological polar surface area (TPSA) is 146 Å². The van der Waals surface area contributed by atoms with Crippen LogP contribution in [0, 0.1) is 46.3 Å². The molecule has 10 heteroatoms. The van der Waals surface area contributed by atoms with Crippen LogP contribution in [0.25, 0.3) is 0 Å². The standard InChI is InChI=1S/C51H93N5O5/c1-7-10-12-13-14-15-30-55(48(58)38-56(29-9-3)47(57)21-11-8-2)31-16-20-39(4)42-22-23-43-49-44(37-46(51(42,43)6)61-34-19-28-54)50(5)25-24-41(59-32-17-26-52)35-40(50)36-45(49)60-33-18-27-53/h8-9,39-46,49H,2-3,7,10-38,52-54H2,1,4-6H3/t39-,40?,41-,42?,43+,44+,45-,46+,49?,50?,51?/m1/s1. The van der Waals surface area contributed by atoms with Gasteiger partial charge in [0.1, 0.15) is 6.54 Å². The van der Waals surface area contributed by atoms with Gasteiger partial charge in [0.05, 0.1) is 18.3 Å². The van der Waals surface area contributed by atoms with Crippen LogP contribution in [0.5, 0.6) is 0 Å². The molecule has 0 spiro atoms. The molecule has 0 saturated heterocycles. The van der Waals surface area contributed by atoms with E-state index in [1.807, 2.05) is 0 Å². The Balaban J connectivity index is 1.52. The Labute approximate surface area is 373 Å². The molecule has 0 bridgehead atoms. The number of nitrogens with zero attached hydrogens (tertiary/aromatic N) is 2.